The van der Waals surface area contributed by atoms with Crippen LogP contribution in [0.3, 0.4) is 0 Å². The van der Waals surface area contributed by atoms with Crippen LogP contribution in [0.5, 0.6) is 5.75 Å². The van der Waals surface area contributed by atoms with E-state index in [1.807, 2.05) is 13.8 Å². The second-order valence-electron chi connectivity index (χ2n) is 4.76. The summed E-state index contributed by atoms with van der Waals surface area (Å²) in [6.45, 7) is 5.62. The molecule has 1 aromatic heterocycles. The van der Waals surface area contributed by atoms with Crippen molar-refractivity contribution < 1.29 is 9.90 Å². The molecule has 0 saturated heterocycles. The first-order valence-electron chi connectivity index (χ1n) is 6.54. The Balaban J connectivity index is 2.16. The van der Waals surface area contributed by atoms with Gasteiger partial charge in [-0.3, -0.25) is 9.89 Å². The highest BCUT2D eigenvalue weighted by atomic mass is 16.3. The first kappa shape index (κ1) is 14.0. The van der Waals surface area contributed by atoms with Gasteiger partial charge in [0.05, 0.1) is 0 Å². The van der Waals surface area contributed by atoms with Crippen molar-refractivity contribution in [2.45, 2.75) is 33.6 Å². The first-order valence-corrected chi connectivity index (χ1v) is 6.54. The van der Waals surface area contributed by atoms with Gasteiger partial charge in [0.1, 0.15) is 11.6 Å². The normalized spacial score (nSPS) is 10.6. The molecule has 0 fully saturated rings. The van der Waals surface area contributed by atoms with E-state index in [2.05, 4.69) is 20.5 Å². The highest BCUT2D eigenvalue weighted by molar-refractivity contribution is 6.02. The minimum Gasteiger partial charge on any atom is -0.508 e. The number of hydrogen-bond acceptors (Lipinski definition) is 4. The molecule has 1 heterocycles. The zero-order valence-electron chi connectivity index (χ0n) is 11.8. The summed E-state index contributed by atoms with van der Waals surface area (Å²) in [6.07, 6.45) is 1.70. The van der Waals surface area contributed by atoms with Gasteiger partial charge in [-0.1, -0.05) is 6.92 Å². The van der Waals surface area contributed by atoms with Gasteiger partial charge in [-0.25, -0.2) is 4.98 Å². The lowest BCUT2D eigenvalue weighted by Gasteiger charge is -2.09. The fourth-order valence-corrected chi connectivity index (χ4v) is 1.86. The Labute approximate surface area is 117 Å². The molecule has 0 atom stereocenters. The number of amides is 1. The van der Waals surface area contributed by atoms with Gasteiger partial charge in [0.2, 0.25) is 5.82 Å². The maximum absolute atomic E-state index is 12.1. The van der Waals surface area contributed by atoms with Crippen molar-refractivity contribution in [2.24, 2.45) is 0 Å². The number of aromatic nitrogens is 3. The standard InChI is InChI=1S/C14H18N4O2/c1-4-5-12-16-13(18-17-12)14(20)15-10-6-9(3)11(19)7-8(10)2/h6-7,19H,4-5H2,1-3H3,(H,15,20)(H,16,17,18). The summed E-state index contributed by atoms with van der Waals surface area (Å²) in [7, 11) is 0. The van der Waals surface area contributed by atoms with E-state index < -0.39 is 0 Å². The zero-order chi connectivity index (χ0) is 14.7. The molecular weight excluding hydrogens is 256 g/mol. The van der Waals surface area contributed by atoms with E-state index in [-0.39, 0.29) is 17.5 Å². The van der Waals surface area contributed by atoms with Crippen LogP contribution in [-0.4, -0.2) is 26.2 Å². The van der Waals surface area contributed by atoms with Crippen LogP contribution in [0.15, 0.2) is 12.1 Å². The summed E-state index contributed by atoms with van der Waals surface area (Å²) in [5.74, 6) is 0.676. The third-order valence-corrected chi connectivity index (χ3v) is 3.01. The number of rotatable bonds is 4. The molecule has 2 rings (SSSR count). The van der Waals surface area contributed by atoms with Gasteiger partial charge in [0.15, 0.2) is 0 Å². The Morgan fingerprint density at radius 2 is 2.10 bits per heavy atom. The summed E-state index contributed by atoms with van der Waals surface area (Å²) in [5, 5.41) is 19.0. The smallest absolute Gasteiger partial charge is 0.295 e. The molecule has 0 unspecified atom stereocenters. The zero-order valence-corrected chi connectivity index (χ0v) is 11.8. The number of phenolic OH excluding ortho intramolecular Hbond substituents is 1. The molecule has 0 saturated carbocycles. The SMILES string of the molecule is CCCc1nc(C(=O)Nc2cc(C)c(O)cc2C)n[nH]1. The molecule has 2 aromatic rings. The molecule has 106 valence electrons. The molecule has 1 amide bonds. The lowest BCUT2D eigenvalue weighted by Crippen LogP contribution is -2.14. The first-order chi connectivity index (χ1) is 9.51. The van der Waals surface area contributed by atoms with Gasteiger partial charge < -0.3 is 10.4 Å². The molecule has 0 bridgehead atoms. The lowest BCUT2D eigenvalue weighted by molar-refractivity contribution is 0.101. The summed E-state index contributed by atoms with van der Waals surface area (Å²) in [6, 6.07) is 3.34. The highest BCUT2D eigenvalue weighted by Gasteiger charge is 2.14. The highest BCUT2D eigenvalue weighted by Crippen LogP contribution is 2.25. The van der Waals surface area contributed by atoms with Crippen LogP contribution in [0.25, 0.3) is 0 Å². The molecule has 0 spiro atoms. The number of phenols is 1. The number of carbonyl (C=O) groups is 1. The summed E-state index contributed by atoms with van der Waals surface area (Å²) in [5.41, 5.74) is 2.13. The number of hydrogen-bond donors (Lipinski definition) is 3. The summed E-state index contributed by atoms with van der Waals surface area (Å²) < 4.78 is 0. The van der Waals surface area contributed by atoms with Crippen LogP contribution < -0.4 is 5.32 Å². The number of nitrogens with zero attached hydrogens (tertiary/aromatic N) is 2. The van der Waals surface area contributed by atoms with Gasteiger partial charge in [-0.15, -0.1) is 5.10 Å². The Hall–Kier alpha value is -2.37. The monoisotopic (exact) mass is 274 g/mol. The number of benzene rings is 1. The van der Waals surface area contributed by atoms with Crippen LogP contribution in [0.4, 0.5) is 5.69 Å². The quantitative estimate of drug-likeness (QED) is 0.746. The third kappa shape index (κ3) is 2.96. The van der Waals surface area contributed by atoms with Crippen molar-refractivity contribution in [2.75, 3.05) is 5.32 Å². The fraction of sp³-hybridized carbons (Fsp3) is 0.357. The van der Waals surface area contributed by atoms with Crippen LogP contribution in [0.1, 0.15) is 40.9 Å². The average Bonchev–Trinajstić information content (AvgIpc) is 2.85. The van der Waals surface area contributed by atoms with E-state index in [0.29, 0.717) is 17.1 Å². The van der Waals surface area contributed by atoms with Crippen molar-refractivity contribution in [3.63, 3.8) is 0 Å². The minimum atomic E-state index is -0.364. The van der Waals surface area contributed by atoms with Crippen molar-refractivity contribution in [1.82, 2.24) is 15.2 Å². The van der Waals surface area contributed by atoms with E-state index in [0.717, 1.165) is 18.4 Å². The van der Waals surface area contributed by atoms with Crippen LogP contribution >= 0.6 is 0 Å². The Bertz CT molecular complexity index is 634. The number of nitrogens with one attached hydrogen (secondary N) is 2. The third-order valence-electron chi connectivity index (χ3n) is 3.01. The Morgan fingerprint density at radius 3 is 2.80 bits per heavy atom. The molecule has 0 aliphatic heterocycles. The molecule has 3 N–H and O–H groups in total. The number of aromatic amines is 1. The number of H-pyrrole nitrogens is 1. The minimum absolute atomic E-state index is 0.124. The molecule has 6 heteroatoms. The molecule has 0 aliphatic carbocycles. The van der Waals surface area contributed by atoms with Crippen LogP contribution in [0, 0.1) is 13.8 Å². The molecule has 0 aliphatic rings. The van der Waals surface area contributed by atoms with Crippen molar-refractivity contribution in [3.8, 4) is 5.75 Å². The molecular formula is C14H18N4O2. The van der Waals surface area contributed by atoms with E-state index in [1.165, 1.54) is 0 Å². The summed E-state index contributed by atoms with van der Waals surface area (Å²) >= 11 is 0. The van der Waals surface area contributed by atoms with Crippen molar-refractivity contribution in [3.05, 3.63) is 34.9 Å². The van der Waals surface area contributed by atoms with Gasteiger partial charge in [-0.05, 0) is 43.5 Å². The molecule has 0 radical (unpaired) electrons. The number of aromatic hydroxyl groups is 1. The predicted molar refractivity (Wildman–Crippen MR) is 75.9 cm³/mol. The maximum atomic E-state index is 12.1. The Morgan fingerprint density at radius 1 is 1.35 bits per heavy atom. The number of aryl methyl sites for hydroxylation is 3. The van der Waals surface area contributed by atoms with Crippen molar-refractivity contribution >= 4 is 11.6 Å². The van der Waals surface area contributed by atoms with E-state index in [1.54, 1.807) is 19.1 Å². The largest absolute Gasteiger partial charge is 0.508 e. The Kier molecular flexibility index (Phi) is 4.02. The maximum Gasteiger partial charge on any atom is 0.295 e. The average molecular weight is 274 g/mol. The second kappa shape index (κ2) is 5.73. The van der Waals surface area contributed by atoms with Crippen LogP contribution in [0.2, 0.25) is 0 Å². The molecule has 1 aromatic carbocycles. The second-order valence-corrected chi connectivity index (χ2v) is 4.76. The predicted octanol–water partition coefficient (Wildman–Crippen LogP) is 2.33. The molecule has 20 heavy (non-hydrogen) atoms. The van der Waals surface area contributed by atoms with Crippen molar-refractivity contribution in [1.29, 1.82) is 0 Å². The summed E-state index contributed by atoms with van der Waals surface area (Å²) in [4.78, 5) is 16.2. The fourth-order valence-electron chi connectivity index (χ4n) is 1.86. The topological polar surface area (TPSA) is 90.9 Å². The number of anilines is 1. The van der Waals surface area contributed by atoms with Crippen LogP contribution in [-0.2, 0) is 6.42 Å². The van der Waals surface area contributed by atoms with Gasteiger partial charge in [-0.2, -0.15) is 0 Å². The lowest BCUT2D eigenvalue weighted by atomic mass is 10.1. The van der Waals surface area contributed by atoms with E-state index in [4.69, 9.17) is 0 Å². The van der Waals surface area contributed by atoms with Gasteiger partial charge in [0, 0.05) is 12.1 Å². The molecule has 6 nitrogen and oxygen atoms in total. The van der Waals surface area contributed by atoms with Gasteiger partial charge >= 0.3 is 0 Å². The van der Waals surface area contributed by atoms with E-state index in [9.17, 15) is 9.90 Å². The van der Waals surface area contributed by atoms with E-state index >= 15 is 0 Å². The number of carbonyl (C=O) groups excluding carboxylic acids is 1. The van der Waals surface area contributed by atoms with Gasteiger partial charge in [0.25, 0.3) is 5.91 Å².